The summed E-state index contributed by atoms with van der Waals surface area (Å²) in [7, 11) is 0. The maximum absolute atomic E-state index is 10.4. The van der Waals surface area contributed by atoms with Crippen molar-refractivity contribution in [2.45, 2.75) is 33.3 Å². The predicted molar refractivity (Wildman–Crippen MR) is 64.4 cm³/mol. The average molecular weight is 238 g/mol. The quantitative estimate of drug-likeness (QED) is 0.821. The van der Waals surface area contributed by atoms with E-state index in [1.54, 1.807) is 0 Å². The van der Waals surface area contributed by atoms with Gasteiger partial charge in [0.2, 0.25) is 0 Å². The van der Waals surface area contributed by atoms with Crippen molar-refractivity contribution in [2.24, 2.45) is 0 Å². The summed E-state index contributed by atoms with van der Waals surface area (Å²) in [6, 6.07) is 3.95. The number of carbonyl (C=O) groups is 1. The summed E-state index contributed by atoms with van der Waals surface area (Å²) >= 11 is 0. The second-order valence-electron chi connectivity index (χ2n) is 4.22. The maximum Gasteiger partial charge on any atom is 0.306 e. The third-order valence-corrected chi connectivity index (χ3v) is 2.70. The summed E-state index contributed by atoms with van der Waals surface area (Å²) in [5.41, 5.74) is 3.11. The van der Waals surface area contributed by atoms with E-state index in [4.69, 9.17) is 9.84 Å². The van der Waals surface area contributed by atoms with Crippen LogP contribution in [-0.4, -0.2) is 28.9 Å². The Morgan fingerprint density at radius 3 is 2.47 bits per heavy atom. The van der Waals surface area contributed by atoms with Gasteiger partial charge in [-0.2, -0.15) is 0 Å². The molecule has 0 aliphatic carbocycles. The van der Waals surface area contributed by atoms with Gasteiger partial charge in [-0.15, -0.1) is 0 Å². The van der Waals surface area contributed by atoms with Gasteiger partial charge in [0, 0.05) is 0 Å². The van der Waals surface area contributed by atoms with Gasteiger partial charge in [-0.1, -0.05) is 12.1 Å². The van der Waals surface area contributed by atoms with E-state index in [1.165, 1.54) is 0 Å². The lowest BCUT2D eigenvalue weighted by Crippen LogP contribution is -2.21. The fourth-order valence-corrected chi connectivity index (χ4v) is 1.59. The van der Waals surface area contributed by atoms with E-state index in [2.05, 4.69) is 0 Å². The summed E-state index contributed by atoms with van der Waals surface area (Å²) in [4.78, 5) is 10.4. The monoisotopic (exact) mass is 238 g/mol. The van der Waals surface area contributed by atoms with Crippen LogP contribution in [0.2, 0.25) is 0 Å². The van der Waals surface area contributed by atoms with Crippen molar-refractivity contribution in [1.82, 2.24) is 0 Å². The Morgan fingerprint density at radius 1 is 1.29 bits per heavy atom. The van der Waals surface area contributed by atoms with Crippen molar-refractivity contribution in [2.75, 3.05) is 6.61 Å². The normalized spacial score (nSPS) is 12.2. The lowest BCUT2D eigenvalue weighted by atomic mass is 10.1. The second-order valence-corrected chi connectivity index (χ2v) is 4.22. The van der Waals surface area contributed by atoms with E-state index in [0.717, 1.165) is 22.4 Å². The summed E-state index contributed by atoms with van der Waals surface area (Å²) < 4.78 is 5.50. The molecule has 0 fully saturated rings. The molecule has 0 saturated heterocycles. The van der Waals surface area contributed by atoms with Crippen LogP contribution in [0.25, 0.3) is 0 Å². The van der Waals surface area contributed by atoms with Crippen molar-refractivity contribution in [3.05, 3.63) is 28.8 Å². The van der Waals surface area contributed by atoms with Crippen LogP contribution in [0.15, 0.2) is 12.1 Å². The first-order chi connectivity index (χ1) is 7.91. The zero-order valence-corrected chi connectivity index (χ0v) is 10.4. The third-order valence-electron chi connectivity index (χ3n) is 2.70. The molecule has 94 valence electrons. The van der Waals surface area contributed by atoms with Gasteiger partial charge < -0.3 is 14.9 Å². The van der Waals surface area contributed by atoms with Crippen LogP contribution in [0, 0.1) is 20.8 Å². The number of carboxylic acids is 1. The van der Waals surface area contributed by atoms with Gasteiger partial charge >= 0.3 is 5.97 Å². The molecule has 1 aromatic rings. The SMILES string of the molecule is Cc1ccc(C)c(OCC(O)CC(=O)O)c1C. The molecule has 0 aromatic heterocycles. The molecule has 0 bridgehead atoms. The molecule has 1 aromatic carbocycles. The molecule has 17 heavy (non-hydrogen) atoms. The minimum absolute atomic E-state index is 0.00255. The Morgan fingerprint density at radius 2 is 1.88 bits per heavy atom. The number of aryl methyl sites for hydroxylation is 2. The van der Waals surface area contributed by atoms with Crippen LogP contribution < -0.4 is 4.74 Å². The molecular formula is C13H18O4. The fraction of sp³-hybridized carbons (Fsp3) is 0.462. The number of aliphatic carboxylic acids is 1. The maximum atomic E-state index is 10.4. The summed E-state index contributed by atoms with van der Waals surface area (Å²) in [5, 5.41) is 17.9. The van der Waals surface area contributed by atoms with Crippen molar-refractivity contribution in [1.29, 1.82) is 0 Å². The number of carboxylic acid groups (broad SMARTS) is 1. The summed E-state index contributed by atoms with van der Waals surface area (Å²) in [6.07, 6.45) is -1.28. The van der Waals surface area contributed by atoms with Crippen LogP contribution in [0.5, 0.6) is 5.75 Å². The average Bonchev–Trinajstić information content (AvgIpc) is 2.23. The van der Waals surface area contributed by atoms with Gasteiger partial charge in [0.1, 0.15) is 12.4 Å². The van der Waals surface area contributed by atoms with E-state index >= 15 is 0 Å². The highest BCUT2D eigenvalue weighted by Gasteiger charge is 2.12. The van der Waals surface area contributed by atoms with Crippen LogP contribution in [-0.2, 0) is 4.79 Å². The number of ether oxygens (including phenoxy) is 1. The van der Waals surface area contributed by atoms with Crippen molar-refractivity contribution in [3.8, 4) is 5.75 Å². The van der Waals surface area contributed by atoms with E-state index in [-0.39, 0.29) is 13.0 Å². The van der Waals surface area contributed by atoms with Crippen LogP contribution in [0.3, 0.4) is 0 Å². The van der Waals surface area contributed by atoms with Crippen molar-refractivity contribution in [3.63, 3.8) is 0 Å². The summed E-state index contributed by atoms with van der Waals surface area (Å²) in [5.74, 6) is -0.298. The predicted octanol–water partition coefficient (Wildman–Crippen LogP) is 1.83. The molecule has 4 nitrogen and oxygen atoms in total. The molecule has 0 aliphatic rings. The number of aliphatic hydroxyl groups excluding tert-OH is 1. The smallest absolute Gasteiger partial charge is 0.306 e. The number of benzene rings is 1. The highest BCUT2D eigenvalue weighted by atomic mass is 16.5. The zero-order chi connectivity index (χ0) is 13.0. The molecule has 1 atom stereocenters. The molecule has 1 unspecified atom stereocenters. The van der Waals surface area contributed by atoms with Gasteiger partial charge in [0.15, 0.2) is 0 Å². The minimum Gasteiger partial charge on any atom is -0.490 e. The van der Waals surface area contributed by atoms with E-state index < -0.39 is 12.1 Å². The molecule has 2 N–H and O–H groups in total. The summed E-state index contributed by atoms with van der Waals surface area (Å²) in [6.45, 7) is 5.85. The van der Waals surface area contributed by atoms with Gasteiger partial charge in [-0.3, -0.25) is 4.79 Å². The second kappa shape index (κ2) is 5.68. The lowest BCUT2D eigenvalue weighted by Gasteiger charge is -2.15. The van der Waals surface area contributed by atoms with Crippen LogP contribution in [0.1, 0.15) is 23.1 Å². The molecule has 0 radical (unpaired) electrons. The molecule has 1 rings (SSSR count). The highest BCUT2D eigenvalue weighted by Crippen LogP contribution is 2.25. The number of rotatable bonds is 5. The topological polar surface area (TPSA) is 66.8 Å². The Labute approximate surface area is 101 Å². The molecular weight excluding hydrogens is 220 g/mol. The Balaban J connectivity index is 2.69. The largest absolute Gasteiger partial charge is 0.490 e. The van der Waals surface area contributed by atoms with E-state index in [1.807, 2.05) is 32.9 Å². The van der Waals surface area contributed by atoms with Crippen LogP contribution >= 0.6 is 0 Å². The first-order valence-electron chi connectivity index (χ1n) is 5.51. The first kappa shape index (κ1) is 13.5. The van der Waals surface area contributed by atoms with E-state index in [0.29, 0.717) is 0 Å². The molecule has 0 spiro atoms. The molecule has 4 heteroatoms. The van der Waals surface area contributed by atoms with Gasteiger partial charge in [0.25, 0.3) is 0 Å². The zero-order valence-electron chi connectivity index (χ0n) is 10.4. The minimum atomic E-state index is -1.03. The fourth-order valence-electron chi connectivity index (χ4n) is 1.59. The molecule has 0 saturated carbocycles. The molecule has 0 amide bonds. The van der Waals surface area contributed by atoms with Crippen LogP contribution in [0.4, 0.5) is 0 Å². The lowest BCUT2D eigenvalue weighted by molar-refractivity contribution is -0.139. The number of aliphatic hydroxyl groups is 1. The Hall–Kier alpha value is -1.55. The van der Waals surface area contributed by atoms with Crippen molar-refractivity contribution >= 4 is 5.97 Å². The van der Waals surface area contributed by atoms with Gasteiger partial charge in [0.05, 0.1) is 12.5 Å². The third kappa shape index (κ3) is 3.75. The molecule has 0 aliphatic heterocycles. The highest BCUT2D eigenvalue weighted by molar-refractivity contribution is 5.67. The van der Waals surface area contributed by atoms with Gasteiger partial charge in [-0.05, 0) is 37.5 Å². The van der Waals surface area contributed by atoms with E-state index in [9.17, 15) is 9.90 Å². The Kier molecular flexibility index (Phi) is 4.52. The van der Waals surface area contributed by atoms with Crippen molar-refractivity contribution < 1.29 is 19.7 Å². The Bertz CT molecular complexity index is 412. The first-order valence-corrected chi connectivity index (χ1v) is 5.51. The number of hydrogen-bond donors (Lipinski definition) is 2. The standard InChI is InChI=1S/C13H18O4/c1-8-4-5-9(2)13(10(8)3)17-7-11(14)6-12(15)16/h4-5,11,14H,6-7H2,1-3H3,(H,15,16). The molecule has 0 heterocycles. The number of hydrogen-bond acceptors (Lipinski definition) is 3. The van der Waals surface area contributed by atoms with Gasteiger partial charge in [-0.25, -0.2) is 0 Å².